The van der Waals surface area contributed by atoms with E-state index in [1.54, 1.807) is 13.0 Å². The van der Waals surface area contributed by atoms with Crippen LogP contribution in [0.1, 0.15) is 22.8 Å². The summed E-state index contributed by atoms with van der Waals surface area (Å²) >= 11 is 0. The molecule has 0 fully saturated rings. The monoisotopic (exact) mass is 301 g/mol. The number of carbonyl (C=O) groups excluding carboxylic acids is 1. The fraction of sp³-hybridized carbons (Fsp3) is 0.0667. The van der Waals surface area contributed by atoms with Gasteiger partial charge in [0.2, 0.25) is 0 Å². The van der Waals surface area contributed by atoms with Gasteiger partial charge < -0.3 is 0 Å². The van der Waals surface area contributed by atoms with Gasteiger partial charge in [-0.05, 0) is 31.2 Å². The van der Waals surface area contributed by atoms with Crippen molar-refractivity contribution in [3.8, 4) is 0 Å². The topological polar surface area (TPSA) is 84.6 Å². The Labute approximate surface area is 125 Å². The SMILES string of the molecule is C/C(=N/NC(=O)c1ccc(F)cc1)c1cccc([N+](=O)[O-])c1. The molecule has 0 unspecified atom stereocenters. The third-order valence-electron chi connectivity index (χ3n) is 2.91. The van der Waals surface area contributed by atoms with Gasteiger partial charge in [0.1, 0.15) is 5.82 Å². The van der Waals surface area contributed by atoms with Crippen LogP contribution < -0.4 is 5.43 Å². The number of non-ortho nitro benzene ring substituents is 1. The Morgan fingerprint density at radius 3 is 2.50 bits per heavy atom. The maximum atomic E-state index is 12.8. The van der Waals surface area contributed by atoms with E-state index < -0.39 is 16.6 Å². The summed E-state index contributed by atoms with van der Waals surface area (Å²) in [6, 6.07) is 10.9. The van der Waals surface area contributed by atoms with Crippen molar-refractivity contribution in [3.63, 3.8) is 0 Å². The Bertz CT molecular complexity index is 742. The van der Waals surface area contributed by atoms with Gasteiger partial charge in [0.05, 0.1) is 10.6 Å². The van der Waals surface area contributed by atoms with E-state index in [-0.39, 0.29) is 11.3 Å². The molecule has 1 amide bonds. The molecule has 0 aromatic heterocycles. The Balaban J connectivity index is 2.12. The fourth-order valence-corrected chi connectivity index (χ4v) is 1.71. The molecule has 2 aromatic carbocycles. The van der Waals surface area contributed by atoms with Crippen LogP contribution in [0.3, 0.4) is 0 Å². The van der Waals surface area contributed by atoms with E-state index in [1.165, 1.54) is 42.5 Å². The van der Waals surface area contributed by atoms with Crippen LogP contribution in [0, 0.1) is 15.9 Å². The van der Waals surface area contributed by atoms with Gasteiger partial charge in [-0.3, -0.25) is 14.9 Å². The van der Waals surface area contributed by atoms with Crippen molar-refractivity contribution in [1.82, 2.24) is 5.43 Å². The maximum absolute atomic E-state index is 12.8. The number of halogens is 1. The summed E-state index contributed by atoms with van der Waals surface area (Å²) in [6.45, 7) is 1.62. The highest BCUT2D eigenvalue weighted by molar-refractivity contribution is 6.01. The van der Waals surface area contributed by atoms with Crippen LogP contribution in [0.5, 0.6) is 0 Å². The summed E-state index contributed by atoms with van der Waals surface area (Å²) in [5.74, 6) is -0.933. The standard InChI is InChI=1S/C15H12FN3O3/c1-10(12-3-2-4-14(9-12)19(21)22)17-18-15(20)11-5-7-13(16)8-6-11/h2-9H,1H3,(H,18,20)/b17-10-. The second-order valence-corrected chi connectivity index (χ2v) is 4.45. The molecule has 0 atom stereocenters. The highest BCUT2D eigenvalue weighted by Crippen LogP contribution is 2.13. The van der Waals surface area contributed by atoms with Crippen LogP contribution in [0.15, 0.2) is 53.6 Å². The number of nitro benzene ring substituents is 1. The molecule has 0 aliphatic heterocycles. The van der Waals surface area contributed by atoms with Crippen LogP contribution in [0.25, 0.3) is 0 Å². The van der Waals surface area contributed by atoms with Gasteiger partial charge in [0, 0.05) is 23.3 Å². The van der Waals surface area contributed by atoms with Gasteiger partial charge in [-0.2, -0.15) is 5.10 Å². The molecule has 0 spiro atoms. The summed E-state index contributed by atoms with van der Waals surface area (Å²) in [5.41, 5.74) is 3.46. The molecular weight excluding hydrogens is 289 g/mol. The van der Waals surface area contributed by atoms with Crippen LogP contribution >= 0.6 is 0 Å². The summed E-state index contributed by atoms with van der Waals surface area (Å²) < 4.78 is 12.8. The summed E-state index contributed by atoms with van der Waals surface area (Å²) in [5, 5.41) is 14.6. The first-order chi connectivity index (χ1) is 10.5. The Hall–Kier alpha value is -3.09. The largest absolute Gasteiger partial charge is 0.271 e. The first-order valence-electron chi connectivity index (χ1n) is 6.32. The molecule has 0 saturated carbocycles. The fourth-order valence-electron chi connectivity index (χ4n) is 1.71. The number of hydrazone groups is 1. The van der Waals surface area contributed by atoms with E-state index in [1.807, 2.05) is 0 Å². The molecule has 6 nitrogen and oxygen atoms in total. The molecule has 0 bridgehead atoms. The second-order valence-electron chi connectivity index (χ2n) is 4.45. The van der Waals surface area contributed by atoms with Crippen molar-refractivity contribution in [2.75, 3.05) is 0 Å². The van der Waals surface area contributed by atoms with Gasteiger partial charge in [-0.15, -0.1) is 0 Å². The quantitative estimate of drug-likeness (QED) is 0.535. The number of hydrogen-bond donors (Lipinski definition) is 1. The number of nitro groups is 1. The molecule has 0 heterocycles. The van der Waals surface area contributed by atoms with E-state index in [0.29, 0.717) is 11.3 Å². The highest BCUT2D eigenvalue weighted by atomic mass is 19.1. The minimum absolute atomic E-state index is 0.0584. The lowest BCUT2D eigenvalue weighted by molar-refractivity contribution is -0.384. The van der Waals surface area contributed by atoms with Gasteiger partial charge in [-0.25, -0.2) is 9.82 Å². The first kappa shape index (κ1) is 15.3. The predicted molar refractivity (Wildman–Crippen MR) is 79.2 cm³/mol. The third kappa shape index (κ3) is 3.72. The number of rotatable bonds is 4. The number of carbonyl (C=O) groups is 1. The average molecular weight is 301 g/mol. The number of benzene rings is 2. The highest BCUT2D eigenvalue weighted by Gasteiger charge is 2.08. The molecular formula is C15H12FN3O3. The molecule has 7 heteroatoms. The Morgan fingerprint density at radius 1 is 1.18 bits per heavy atom. The van der Waals surface area contributed by atoms with Crippen LogP contribution in [-0.2, 0) is 0 Å². The van der Waals surface area contributed by atoms with Gasteiger partial charge in [-0.1, -0.05) is 12.1 Å². The number of hydrogen-bond acceptors (Lipinski definition) is 4. The number of nitrogens with one attached hydrogen (secondary N) is 1. The van der Waals surface area contributed by atoms with E-state index in [4.69, 9.17) is 0 Å². The average Bonchev–Trinajstić information content (AvgIpc) is 2.53. The number of amides is 1. The van der Waals surface area contributed by atoms with Crippen molar-refractivity contribution in [2.45, 2.75) is 6.92 Å². The van der Waals surface area contributed by atoms with E-state index in [2.05, 4.69) is 10.5 Å². The van der Waals surface area contributed by atoms with Gasteiger partial charge in [0.25, 0.3) is 11.6 Å². The molecule has 22 heavy (non-hydrogen) atoms. The molecule has 2 aromatic rings. The van der Waals surface area contributed by atoms with Crippen LogP contribution in [0.2, 0.25) is 0 Å². The van der Waals surface area contributed by atoms with Crippen LogP contribution in [-0.4, -0.2) is 16.5 Å². The van der Waals surface area contributed by atoms with Crippen molar-refractivity contribution in [1.29, 1.82) is 0 Å². The molecule has 112 valence electrons. The minimum Gasteiger partial charge on any atom is -0.267 e. The van der Waals surface area contributed by atoms with Crippen molar-refractivity contribution >= 4 is 17.3 Å². The second kappa shape index (κ2) is 6.57. The molecule has 2 rings (SSSR count). The van der Waals surface area contributed by atoms with E-state index >= 15 is 0 Å². The Kier molecular flexibility index (Phi) is 4.57. The van der Waals surface area contributed by atoms with Gasteiger partial charge in [0.15, 0.2) is 0 Å². The molecule has 0 radical (unpaired) electrons. The summed E-state index contributed by atoms with van der Waals surface area (Å²) in [7, 11) is 0. The zero-order chi connectivity index (χ0) is 16.1. The van der Waals surface area contributed by atoms with Crippen LogP contribution in [0.4, 0.5) is 10.1 Å². The zero-order valence-corrected chi connectivity index (χ0v) is 11.6. The maximum Gasteiger partial charge on any atom is 0.271 e. The lowest BCUT2D eigenvalue weighted by atomic mass is 10.1. The zero-order valence-electron chi connectivity index (χ0n) is 11.6. The normalized spacial score (nSPS) is 11.1. The molecule has 0 saturated heterocycles. The Morgan fingerprint density at radius 2 is 1.86 bits per heavy atom. The van der Waals surface area contributed by atoms with E-state index in [9.17, 15) is 19.3 Å². The van der Waals surface area contributed by atoms with E-state index in [0.717, 1.165) is 0 Å². The lowest BCUT2D eigenvalue weighted by Gasteiger charge is -2.03. The first-order valence-corrected chi connectivity index (χ1v) is 6.32. The predicted octanol–water partition coefficient (Wildman–Crippen LogP) is 2.89. The minimum atomic E-state index is -0.506. The van der Waals surface area contributed by atoms with Crippen molar-refractivity contribution < 1.29 is 14.1 Å². The van der Waals surface area contributed by atoms with Crippen molar-refractivity contribution in [2.24, 2.45) is 5.10 Å². The molecule has 0 aliphatic rings. The lowest BCUT2D eigenvalue weighted by Crippen LogP contribution is -2.19. The number of nitrogens with zero attached hydrogens (tertiary/aromatic N) is 2. The smallest absolute Gasteiger partial charge is 0.267 e. The molecule has 1 N–H and O–H groups in total. The third-order valence-corrected chi connectivity index (χ3v) is 2.91. The van der Waals surface area contributed by atoms with Gasteiger partial charge >= 0.3 is 0 Å². The summed E-state index contributed by atoms with van der Waals surface area (Å²) in [6.07, 6.45) is 0. The summed E-state index contributed by atoms with van der Waals surface area (Å²) in [4.78, 5) is 22.0. The van der Waals surface area contributed by atoms with Crippen molar-refractivity contribution in [3.05, 3.63) is 75.6 Å². The molecule has 0 aliphatic carbocycles.